The highest BCUT2D eigenvalue weighted by atomic mass is 32.2. The highest BCUT2D eigenvalue weighted by molar-refractivity contribution is 7.85. The normalized spacial score (nSPS) is 15.5. The quantitative estimate of drug-likeness (QED) is 0.806. The molecule has 0 aliphatic carbocycles. The second-order valence-corrected chi connectivity index (χ2v) is 7.57. The van der Waals surface area contributed by atoms with Crippen LogP contribution >= 0.6 is 0 Å². The third-order valence-electron chi connectivity index (χ3n) is 4.00. The molecule has 26 heavy (non-hydrogen) atoms. The van der Waals surface area contributed by atoms with Crippen molar-refractivity contribution in [2.45, 2.75) is 11.8 Å². The number of aryl methyl sites for hydroxylation is 1. The van der Waals surface area contributed by atoms with Crippen molar-refractivity contribution in [2.75, 3.05) is 32.7 Å². The molecule has 2 aromatic carbocycles. The van der Waals surface area contributed by atoms with Gasteiger partial charge in [-0.05, 0) is 24.6 Å². The smallest absolute Gasteiger partial charge is 0.294 e. The molecule has 2 aromatic rings. The van der Waals surface area contributed by atoms with Gasteiger partial charge in [0.05, 0.1) is 4.90 Å². The molecule has 2 N–H and O–H groups in total. The van der Waals surface area contributed by atoms with Crippen LogP contribution in [0.25, 0.3) is 6.08 Å². The van der Waals surface area contributed by atoms with Gasteiger partial charge in [0.15, 0.2) is 0 Å². The first-order valence-corrected chi connectivity index (χ1v) is 10.1. The van der Waals surface area contributed by atoms with Crippen molar-refractivity contribution in [3.05, 3.63) is 71.8 Å². The van der Waals surface area contributed by atoms with Gasteiger partial charge in [-0.15, -0.1) is 0 Å². The molecule has 0 unspecified atom stereocenters. The Morgan fingerprint density at radius 3 is 2.23 bits per heavy atom. The zero-order valence-electron chi connectivity index (χ0n) is 15.0. The Hall–Kier alpha value is -1.99. The van der Waals surface area contributed by atoms with Crippen molar-refractivity contribution < 1.29 is 13.0 Å². The van der Waals surface area contributed by atoms with Crippen molar-refractivity contribution in [1.82, 2.24) is 10.2 Å². The van der Waals surface area contributed by atoms with Gasteiger partial charge in [-0.3, -0.25) is 9.45 Å². The maximum absolute atomic E-state index is 10.5. The molecular formula is C20H26N2O3S. The molecule has 0 saturated carbocycles. The van der Waals surface area contributed by atoms with Crippen molar-refractivity contribution in [1.29, 1.82) is 0 Å². The van der Waals surface area contributed by atoms with Crippen molar-refractivity contribution in [3.8, 4) is 0 Å². The van der Waals surface area contributed by atoms with Crippen LogP contribution in [0, 0.1) is 6.92 Å². The van der Waals surface area contributed by atoms with Crippen LogP contribution < -0.4 is 5.32 Å². The van der Waals surface area contributed by atoms with Crippen LogP contribution in [-0.2, 0) is 10.1 Å². The lowest BCUT2D eigenvalue weighted by atomic mass is 10.2. The van der Waals surface area contributed by atoms with E-state index >= 15 is 0 Å². The van der Waals surface area contributed by atoms with E-state index in [-0.39, 0.29) is 4.90 Å². The summed E-state index contributed by atoms with van der Waals surface area (Å²) in [7, 11) is -4.02. The van der Waals surface area contributed by atoms with Crippen LogP contribution in [0.1, 0.15) is 11.1 Å². The topological polar surface area (TPSA) is 69.6 Å². The standard InChI is InChI=1S/C13H18N2.C7H8O3S/c1-2-5-13(6-3-1)7-4-10-15-11-8-14-9-12-15;1-6-2-4-7(5-3-6)11(8,9)10/h1-7,14H,8-12H2;2-5H,1H3,(H,8,9,10). The lowest BCUT2D eigenvalue weighted by molar-refractivity contribution is 0.265. The second kappa shape index (κ2) is 10.2. The van der Waals surface area contributed by atoms with E-state index in [9.17, 15) is 8.42 Å². The summed E-state index contributed by atoms with van der Waals surface area (Å²) in [6.45, 7) is 7.49. The Morgan fingerprint density at radius 1 is 1.04 bits per heavy atom. The fourth-order valence-electron chi connectivity index (χ4n) is 2.51. The minimum Gasteiger partial charge on any atom is -0.314 e. The van der Waals surface area contributed by atoms with Gasteiger partial charge in [0.2, 0.25) is 0 Å². The average molecular weight is 375 g/mol. The number of piperazine rings is 1. The molecular weight excluding hydrogens is 348 g/mol. The summed E-state index contributed by atoms with van der Waals surface area (Å²) in [5, 5.41) is 3.36. The maximum atomic E-state index is 10.5. The maximum Gasteiger partial charge on any atom is 0.294 e. The zero-order chi connectivity index (χ0) is 18.8. The predicted molar refractivity (Wildman–Crippen MR) is 106 cm³/mol. The average Bonchev–Trinajstić information content (AvgIpc) is 2.64. The number of rotatable bonds is 4. The van der Waals surface area contributed by atoms with Crippen molar-refractivity contribution in [2.24, 2.45) is 0 Å². The third kappa shape index (κ3) is 7.49. The minimum atomic E-state index is -4.02. The van der Waals surface area contributed by atoms with Gasteiger partial charge < -0.3 is 5.32 Å². The lowest BCUT2D eigenvalue weighted by Gasteiger charge is -2.25. The molecule has 0 spiro atoms. The number of hydrogen-bond donors (Lipinski definition) is 2. The molecule has 1 aliphatic rings. The van der Waals surface area contributed by atoms with E-state index in [1.54, 1.807) is 12.1 Å². The molecule has 1 aliphatic heterocycles. The number of nitrogens with one attached hydrogen (secondary N) is 1. The summed E-state index contributed by atoms with van der Waals surface area (Å²) in [5.41, 5.74) is 2.24. The van der Waals surface area contributed by atoms with Gasteiger partial charge in [0.1, 0.15) is 0 Å². The van der Waals surface area contributed by atoms with Crippen LogP contribution in [0.4, 0.5) is 0 Å². The van der Waals surface area contributed by atoms with Gasteiger partial charge >= 0.3 is 0 Å². The Morgan fingerprint density at radius 2 is 1.65 bits per heavy atom. The first kappa shape index (κ1) is 20.3. The molecule has 0 atom stereocenters. The second-order valence-electron chi connectivity index (χ2n) is 6.15. The highest BCUT2D eigenvalue weighted by Crippen LogP contribution is 2.08. The fraction of sp³-hybridized carbons (Fsp3) is 0.300. The Balaban J connectivity index is 0.000000197. The van der Waals surface area contributed by atoms with Crippen LogP contribution in [0.15, 0.2) is 65.6 Å². The number of nitrogens with zero attached hydrogens (tertiary/aromatic N) is 1. The highest BCUT2D eigenvalue weighted by Gasteiger charge is 2.07. The van der Waals surface area contributed by atoms with E-state index < -0.39 is 10.1 Å². The molecule has 0 bridgehead atoms. The van der Waals surface area contributed by atoms with Gasteiger partial charge in [-0.1, -0.05) is 60.2 Å². The molecule has 5 nitrogen and oxygen atoms in total. The van der Waals surface area contributed by atoms with E-state index in [0.717, 1.165) is 25.2 Å². The number of hydrogen-bond acceptors (Lipinski definition) is 4. The van der Waals surface area contributed by atoms with E-state index in [1.165, 1.54) is 30.8 Å². The summed E-state index contributed by atoms with van der Waals surface area (Å²) in [6, 6.07) is 16.5. The molecule has 1 heterocycles. The Kier molecular flexibility index (Phi) is 8.00. The summed E-state index contributed by atoms with van der Waals surface area (Å²) in [5.74, 6) is 0. The van der Waals surface area contributed by atoms with Crippen molar-refractivity contribution in [3.63, 3.8) is 0 Å². The molecule has 6 heteroatoms. The summed E-state index contributed by atoms with van der Waals surface area (Å²) >= 11 is 0. The first-order chi connectivity index (χ1) is 12.4. The van der Waals surface area contributed by atoms with Crippen molar-refractivity contribution >= 4 is 16.2 Å². The molecule has 1 fully saturated rings. The molecule has 0 radical (unpaired) electrons. The van der Waals surface area contributed by atoms with Crippen LogP contribution in [-0.4, -0.2) is 50.6 Å². The monoisotopic (exact) mass is 374 g/mol. The molecule has 0 aromatic heterocycles. The Labute approximate surface area is 156 Å². The third-order valence-corrected chi connectivity index (χ3v) is 4.87. The van der Waals surface area contributed by atoms with E-state index in [1.807, 2.05) is 13.0 Å². The minimum absolute atomic E-state index is 0.0666. The molecule has 0 amide bonds. The van der Waals surface area contributed by atoms with Gasteiger partial charge in [-0.25, -0.2) is 0 Å². The molecule has 140 valence electrons. The molecule has 3 rings (SSSR count). The van der Waals surface area contributed by atoms with Gasteiger partial charge in [0.25, 0.3) is 10.1 Å². The van der Waals surface area contributed by atoms with Crippen LogP contribution in [0.3, 0.4) is 0 Å². The van der Waals surface area contributed by atoms with E-state index in [0.29, 0.717) is 0 Å². The Bertz CT molecular complexity index is 782. The van der Waals surface area contributed by atoms with E-state index in [4.69, 9.17) is 4.55 Å². The number of benzene rings is 2. The first-order valence-electron chi connectivity index (χ1n) is 8.64. The summed E-state index contributed by atoms with van der Waals surface area (Å²) in [6.07, 6.45) is 4.45. The van der Waals surface area contributed by atoms with Crippen LogP contribution in [0.2, 0.25) is 0 Å². The predicted octanol–water partition coefficient (Wildman–Crippen LogP) is 2.85. The SMILES string of the molecule is C(=Cc1ccccc1)CN1CCNCC1.Cc1ccc(S(=O)(=O)O)cc1. The molecule has 1 saturated heterocycles. The largest absolute Gasteiger partial charge is 0.314 e. The van der Waals surface area contributed by atoms with Crippen LogP contribution in [0.5, 0.6) is 0 Å². The van der Waals surface area contributed by atoms with E-state index in [2.05, 4.69) is 46.6 Å². The summed E-state index contributed by atoms with van der Waals surface area (Å²) < 4.78 is 29.6. The zero-order valence-corrected chi connectivity index (χ0v) is 15.8. The lowest BCUT2D eigenvalue weighted by Crippen LogP contribution is -2.43. The fourth-order valence-corrected chi connectivity index (χ4v) is 2.99. The van der Waals surface area contributed by atoms with Gasteiger partial charge in [-0.2, -0.15) is 8.42 Å². The van der Waals surface area contributed by atoms with Gasteiger partial charge in [0, 0.05) is 32.7 Å². The summed E-state index contributed by atoms with van der Waals surface area (Å²) in [4.78, 5) is 2.40.